The predicted octanol–water partition coefficient (Wildman–Crippen LogP) is 3.99. The van der Waals surface area contributed by atoms with E-state index in [2.05, 4.69) is 29.2 Å². The van der Waals surface area contributed by atoms with Crippen LogP contribution < -0.4 is 14.8 Å². The van der Waals surface area contributed by atoms with Crippen molar-refractivity contribution in [2.75, 3.05) is 13.2 Å². The van der Waals surface area contributed by atoms with Gasteiger partial charge in [-0.1, -0.05) is 18.5 Å². The highest BCUT2D eigenvalue weighted by atomic mass is 35.5. The Kier molecular flexibility index (Phi) is 7.52. The summed E-state index contributed by atoms with van der Waals surface area (Å²) in [4.78, 5) is 4.33. The highest BCUT2D eigenvalue weighted by Crippen LogP contribution is 2.34. The van der Waals surface area contributed by atoms with Gasteiger partial charge < -0.3 is 14.8 Å². The van der Waals surface area contributed by atoms with E-state index in [0.717, 1.165) is 30.1 Å². The van der Waals surface area contributed by atoms with Gasteiger partial charge in [0.15, 0.2) is 11.5 Å². The molecule has 0 aliphatic rings. The zero-order valence-electron chi connectivity index (χ0n) is 15.4. The summed E-state index contributed by atoms with van der Waals surface area (Å²) in [6.07, 6.45) is 2.51. The minimum Gasteiger partial charge on any atom is -0.490 e. The molecular formula is C18H27ClN4O2. The maximum Gasteiger partial charge on any atom is 0.162 e. The van der Waals surface area contributed by atoms with Crippen LogP contribution in [0.1, 0.15) is 51.5 Å². The lowest BCUT2D eigenvalue weighted by Crippen LogP contribution is -2.22. The topological polar surface area (TPSA) is 61.2 Å². The Balaban J connectivity index is 2.11. The molecule has 0 fully saturated rings. The molecule has 0 radical (unpaired) electrons. The molecule has 1 N–H and O–H groups in total. The van der Waals surface area contributed by atoms with Crippen molar-refractivity contribution in [2.45, 2.75) is 53.2 Å². The van der Waals surface area contributed by atoms with Gasteiger partial charge in [0, 0.05) is 24.2 Å². The third-order valence-corrected chi connectivity index (χ3v) is 4.16. The zero-order chi connectivity index (χ0) is 18.2. The van der Waals surface area contributed by atoms with E-state index >= 15 is 0 Å². The van der Waals surface area contributed by atoms with Crippen molar-refractivity contribution in [3.63, 3.8) is 0 Å². The lowest BCUT2D eigenvalue weighted by Gasteiger charge is -2.17. The van der Waals surface area contributed by atoms with Crippen LogP contribution in [-0.4, -0.2) is 28.0 Å². The Bertz CT molecular complexity index is 675. The number of aryl methyl sites for hydroxylation is 1. The number of rotatable bonds is 10. The second-order valence-corrected chi connectivity index (χ2v) is 6.12. The van der Waals surface area contributed by atoms with E-state index in [4.69, 9.17) is 21.1 Å². The summed E-state index contributed by atoms with van der Waals surface area (Å²) in [6, 6.07) is 3.84. The average Bonchev–Trinajstić information content (AvgIpc) is 3.09. The van der Waals surface area contributed by atoms with E-state index in [1.54, 1.807) is 6.33 Å². The Hall–Kier alpha value is -1.79. The van der Waals surface area contributed by atoms with Gasteiger partial charge in [-0.05, 0) is 38.8 Å². The normalized spacial score (nSPS) is 12.2. The SMILES string of the molecule is CCCOc1cc(Cl)c(CNC(C)c2ncnn2CC)cc1OCC. The maximum absolute atomic E-state index is 6.44. The molecule has 0 saturated heterocycles. The van der Waals surface area contributed by atoms with E-state index in [9.17, 15) is 0 Å². The number of nitrogens with one attached hydrogen (secondary N) is 1. The van der Waals surface area contributed by atoms with Crippen molar-refractivity contribution in [3.8, 4) is 11.5 Å². The maximum atomic E-state index is 6.44. The van der Waals surface area contributed by atoms with Gasteiger partial charge in [-0.25, -0.2) is 9.67 Å². The summed E-state index contributed by atoms with van der Waals surface area (Å²) in [5, 5.41) is 8.31. The summed E-state index contributed by atoms with van der Waals surface area (Å²) in [5.41, 5.74) is 0.961. The Labute approximate surface area is 154 Å². The van der Waals surface area contributed by atoms with Gasteiger partial charge in [-0.15, -0.1) is 0 Å². The fourth-order valence-corrected chi connectivity index (χ4v) is 2.73. The summed E-state index contributed by atoms with van der Waals surface area (Å²) in [6.45, 7) is 10.7. The second-order valence-electron chi connectivity index (χ2n) is 5.71. The molecule has 0 amide bonds. The van der Waals surface area contributed by atoms with Crippen LogP contribution in [0.15, 0.2) is 18.5 Å². The zero-order valence-corrected chi connectivity index (χ0v) is 16.1. The lowest BCUT2D eigenvalue weighted by atomic mass is 10.1. The number of aromatic nitrogens is 3. The van der Waals surface area contributed by atoms with Crippen molar-refractivity contribution < 1.29 is 9.47 Å². The summed E-state index contributed by atoms with van der Waals surface area (Å²) < 4.78 is 13.3. The van der Waals surface area contributed by atoms with E-state index in [1.165, 1.54) is 0 Å². The van der Waals surface area contributed by atoms with Crippen molar-refractivity contribution in [1.82, 2.24) is 20.1 Å². The van der Waals surface area contributed by atoms with Gasteiger partial charge in [0.25, 0.3) is 0 Å². The molecule has 2 rings (SSSR count). The van der Waals surface area contributed by atoms with Gasteiger partial charge in [-0.2, -0.15) is 5.10 Å². The first-order chi connectivity index (χ1) is 12.1. The third-order valence-electron chi connectivity index (χ3n) is 3.81. The number of nitrogens with zero attached hydrogens (tertiary/aromatic N) is 3. The first-order valence-corrected chi connectivity index (χ1v) is 9.17. The molecule has 138 valence electrons. The van der Waals surface area contributed by atoms with Gasteiger partial charge in [0.2, 0.25) is 0 Å². The van der Waals surface area contributed by atoms with Crippen molar-refractivity contribution in [2.24, 2.45) is 0 Å². The van der Waals surface area contributed by atoms with Crippen LogP contribution in [-0.2, 0) is 13.1 Å². The fourth-order valence-electron chi connectivity index (χ4n) is 2.51. The van der Waals surface area contributed by atoms with Gasteiger partial charge in [-0.3, -0.25) is 0 Å². The number of benzene rings is 1. The largest absolute Gasteiger partial charge is 0.490 e. The van der Waals surface area contributed by atoms with Crippen LogP contribution in [0.4, 0.5) is 0 Å². The van der Waals surface area contributed by atoms with Gasteiger partial charge in [0.1, 0.15) is 12.2 Å². The summed E-state index contributed by atoms with van der Waals surface area (Å²) >= 11 is 6.44. The van der Waals surface area contributed by atoms with Crippen LogP contribution >= 0.6 is 11.6 Å². The van der Waals surface area contributed by atoms with E-state index in [0.29, 0.717) is 30.5 Å². The number of halogens is 1. The van der Waals surface area contributed by atoms with Crippen molar-refractivity contribution >= 4 is 11.6 Å². The van der Waals surface area contributed by atoms with Crippen LogP contribution in [0.5, 0.6) is 11.5 Å². The first kappa shape index (κ1) is 19.5. The molecule has 0 bridgehead atoms. The molecule has 1 aromatic heterocycles. The quantitative estimate of drug-likeness (QED) is 0.688. The molecule has 0 spiro atoms. The molecule has 2 aromatic rings. The van der Waals surface area contributed by atoms with Crippen molar-refractivity contribution in [3.05, 3.63) is 34.9 Å². The molecular weight excluding hydrogens is 340 g/mol. The second kappa shape index (κ2) is 9.63. The van der Waals surface area contributed by atoms with Gasteiger partial charge in [0.05, 0.1) is 19.3 Å². The Morgan fingerprint density at radius 3 is 2.64 bits per heavy atom. The molecule has 0 aliphatic heterocycles. The highest BCUT2D eigenvalue weighted by molar-refractivity contribution is 6.31. The monoisotopic (exact) mass is 366 g/mol. The van der Waals surface area contributed by atoms with Crippen LogP contribution in [0, 0.1) is 0 Å². The number of ether oxygens (including phenoxy) is 2. The van der Waals surface area contributed by atoms with Crippen LogP contribution in [0.2, 0.25) is 5.02 Å². The lowest BCUT2D eigenvalue weighted by molar-refractivity contribution is 0.276. The molecule has 0 saturated carbocycles. The Morgan fingerprint density at radius 2 is 1.96 bits per heavy atom. The minimum absolute atomic E-state index is 0.0603. The molecule has 1 heterocycles. The van der Waals surface area contributed by atoms with Crippen LogP contribution in [0.25, 0.3) is 0 Å². The molecule has 1 unspecified atom stereocenters. The highest BCUT2D eigenvalue weighted by Gasteiger charge is 2.15. The molecule has 6 nitrogen and oxygen atoms in total. The van der Waals surface area contributed by atoms with E-state index in [1.807, 2.05) is 30.7 Å². The van der Waals surface area contributed by atoms with E-state index in [-0.39, 0.29) is 6.04 Å². The molecule has 7 heteroatoms. The predicted molar refractivity (Wildman–Crippen MR) is 99.4 cm³/mol. The molecule has 1 aromatic carbocycles. The first-order valence-electron chi connectivity index (χ1n) is 8.79. The fraction of sp³-hybridized carbons (Fsp3) is 0.556. The van der Waals surface area contributed by atoms with Crippen LogP contribution in [0.3, 0.4) is 0 Å². The van der Waals surface area contributed by atoms with Gasteiger partial charge >= 0.3 is 0 Å². The number of hydrogen-bond acceptors (Lipinski definition) is 5. The number of hydrogen-bond donors (Lipinski definition) is 1. The third kappa shape index (κ3) is 5.09. The molecule has 25 heavy (non-hydrogen) atoms. The molecule has 0 aliphatic carbocycles. The average molecular weight is 367 g/mol. The van der Waals surface area contributed by atoms with Crippen molar-refractivity contribution in [1.29, 1.82) is 0 Å². The van der Waals surface area contributed by atoms with E-state index < -0.39 is 0 Å². The smallest absolute Gasteiger partial charge is 0.162 e. The summed E-state index contributed by atoms with van der Waals surface area (Å²) in [5.74, 6) is 2.32. The standard InChI is InChI=1S/C18H27ClN4O2/c1-5-8-25-17-10-15(19)14(9-16(17)24-7-3)11-20-13(4)18-21-12-22-23(18)6-2/h9-10,12-13,20H,5-8,11H2,1-4H3. The Morgan fingerprint density at radius 1 is 1.20 bits per heavy atom. The molecule has 1 atom stereocenters. The summed E-state index contributed by atoms with van der Waals surface area (Å²) in [7, 11) is 0. The minimum atomic E-state index is 0.0603.